The van der Waals surface area contributed by atoms with Crippen LogP contribution in [0, 0.1) is 16.0 Å². The summed E-state index contributed by atoms with van der Waals surface area (Å²) in [6.45, 7) is 1.91. The van der Waals surface area contributed by atoms with E-state index in [0.717, 1.165) is 6.42 Å². The Labute approximate surface area is 132 Å². The van der Waals surface area contributed by atoms with Gasteiger partial charge in [-0.2, -0.15) is 5.10 Å². The molecule has 2 aromatic rings. The molecule has 8 nitrogen and oxygen atoms in total. The molecule has 2 N–H and O–H groups in total. The second-order valence-electron chi connectivity index (χ2n) is 5.56. The van der Waals surface area contributed by atoms with E-state index in [1.807, 2.05) is 0 Å². The van der Waals surface area contributed by atoms with Gasteiger partial charge in [0.05, 0.1) is 10.6 Å². The fourth-order valence-electron chi connectivity index (χ4n) is 2.70. The maximum Gasteiger partial charge on any atom is 0.274 e. The van der Waals surface area contributed by atoms with Crippen molar-refractivity contribution in [2.75, 3.05) is 19.6 Å². The van der Waals surface area contributed by atoms with Gasteiger partial charge in [-0.15, -0.1) is 0 Å². The standard InChI is InChI=1S/C15H17N5O3/c16-9-11-4-6-18(10-11)15(21)14-5-7-19(17-14)12-2-1-3-13(8-12)20(22)23/h1-3,5,7-8,11H,4,6,9-10,16H2. The zero-order valence-corrected chi connectivity index (χ0v) is 12.5. The highest BCUT2D eigenvalue weighted by molar-refractivity contribution is 5.92. The number of rotatable bonds is 4. The minimum Gasteiger partial charge on any atom is -0.337 e. The zero-order chi connectivity index (χ0) is 16.4. The first-order chi connectivity index (χ1) is 11.1. The van der Waals surface area contributed by atoms with Gasteiger partial charge in [-0.25, -0.2) is 4.68 Å². The van der Waals surface area contributed by atoms with E-state index >= 15 is 0 Å². The number of hydrogen-bond acceptors (Lipinski definition) is 5. The van der Waals surface area contributed by atoms with Crippen molar-refractivity contribution in [3.05, 3.63) is 52.3 Å². The van der Waals surface area contributed by atoms with Crippen LogP contribution in [0.1, 0.15) is 16.9 Å². The van der Waals surface area contributed by atoms with Crippen molar-refractivity contribution in [1.82, 2.24) is 14.7 Å². The lowest BCUT2D eigenvalue weighted by Crippen LogP contribution is -2.30. The molecule has 0 aliphatic carbocycles. The van der Waals surface area contributed by atoms with Gasteiger partial charge >= 0.3 is 0 Å². The second-order valence-corrected chi connectivity index (χ2v) is 5.56. The zero-order valence-electron chi connectivity index (χ0n) is 12.5. The third kappa shape index (κ3) is 3.07. The Morgan fingerprint density at radius 1 is 1.43 bits per heavy atom. The number of nitro groups is 1. The summed E-state index contributed by atoms with van der Waals surface area (Å²) in [5.41, 5.74) is 6.49. The van der Waals surface area contributed by atoms with Crippen molar-refractivity contribution in [2.24, 2.45) is 11.7 Å². The molecule has 1 fully saturated rings. The van der Waals surface area contributed by atoms with Crippen LogP contribution in [0.15, 0.2) is 36.5 Å². The highest BCUT2D eigenvalue weighted by Crippen LogP contribution is 2.19. The van der Waals surface area contributed by atoms with Crippen LogP contribution in [-0.4, -0.2) is 45.1 Å². The maximum atomic E-state index is 12.4. The fraction of sp³-hybridized carbons (Fsp3) is 0.333. The highest BCUT2D eigenvalue weighted by Gasteiger charge is 2.27. The Bertz CT molecular complexity index is 742. The van der Waals surface area contributed by atoms with Crippen molar-refractivity contribution in [3.63, 3.8) is 0 Å². The van der Waals surface area contributed by atoms with Crippen LogP contribution in [0.25, 0.3) is 5.69 Å². The summed E-state index contributed by atoms with van der Waals surface area (Å²) in [7, 11) is 0. The molecule has 1 atom stereocenters. The molecule has 120 valence electrons. The Hall–Kier alpha value is -2.74. The summed E-state index contributed by atoms with van der Waals surface area (Å²) < 4.78 is 1.47. The molecule has 3 rings (SSSR count). The Morgan fingerprint density at radius 3 is 2.96 bits per heavy atom. The van der Waals surface area contributed by atoms with Gasteiger partial charge in [0, 0.05) is 31.4 Å². The normalized spacial score (nSPS) is 17.4. The Morgan fingerprint density at radius 2 is 2.26 bits per heavy atom. The van der Waals surface area contributed by atoms with Gasteiger partial charge in [-0.3, -0.25) is 14.9 Å². The summed E-state index contributed by atoms with van der Waals surface area (Å²) in [6, 6.07) is 7.74. The predicted octanol–water partition coefficient (Wildman–Crippen LogP) is 1.20. The third-order valence-corrected chi connectivity index (χ3v) is 4.02. The molecule has 0 radical (unpaired) electrons. The number of aromatic nitrogens is 2. The lowest BCUT2D eigenvalue weighted by Gasteiger charge is -2.14. The van der Waals surface area contributed by atoms with Gasteiger partial charge in [0.25, 0.3) is 11.6 Å². The number of hydrogen-bond donors (Lipinski definition) is 1. The SMILES string of the molecule is NCC1CCN(C(=O)c2ccn(-c3cccc([N+](=O)[O-])c3)n2)C1. The molecule has 0 spiro atoms. The van der Waals surface area contributed by atoms with Crippen LogP contribution in [0.3, 0.4) is 0 Å². The predicted molar refractivity (Wildman–Crippen MR) is 83.3 cm³/mol. The maximum absolute atomic E-state index is 12.4. The molecule has 1 unspecified atom stereocenters. The molecule has 1 saturated heterocycles. The average molecular weight is 315 g/mol. The molecular formula is C15H17N5O3. The van der Waals surface area contributed by atoms with Gasteiger partial charge in [0.15, 0.2) is 5.69 Å². The number of nitro benzene ring substituents is 1. The summed E-state index contributed by atoms with van der Waals surface area (Å²) >= 11 is 0. The van der Waals surface area contributed by atoms with Crippen LogP contribution in [-0.2, 0) is 0 Å². The largest absolute Gasteiger partial charge is 0.337 e. The van der Waals surface area contributed by atoms with Crippen molar-refractivity contribution in [3.8, 4) is 5.69 Å². The summed E-state index contributed by atoms with van der Waals surface area (Å²) in [5.74, 6) is 0.211. The van der Waals surface area contributed by atoms with Crippen LogP contribution >= 0.6 is 0 Å². The minimum absolute atomic E-state index is 0.0174. The van der Waals surface area contributed by atoms with E-state index in [4.69, 9.17) is 5.73 Å². The van der Waals surface area contributed by atoms with Crippen LogP contribution in [0.4, 0.5) is 5.69 Å². The van der Waals surface area contributed by atoms with E-state index in [1.54, 1.807) is 29.3 Å². The van der Waals surface area contributed by atoms with E-state index in [1.165, 1.54) is 16.8 Å². The number of nitrogens with two attached hydrogens (primary N) is 1. The molecule has 8 heteroatoms. The number of likely N-dealkylation sites (tertiary alicyclic amines) is 1. The molecule has 0 bridgehead atoms. The van der Waals surface area contributed by atoms with Gasteiger partial charge in [-0.1, -0.05) is 6.07 Å². The lowest BCUT2D eigenvalue weighted by atomic mass is 10.1. The molecule has 23 heavy (non-hydrogen) atoms. The monoisotopic (exact) mass is 315 g/mol. The van der Waals surface area contributed by atoms with Gasteiger partial charge in [0.2, 0.25) is 0 Å². The number of benzene rings is 1. The van der Waals surface area contributed by atoms with E-state index in [-0.39, 0.29) is 11.6 Å². The quantitative estimate of drug-likeness (QED) is 0.674. The molecule has 1 aromatic heterocycles. The van der Waals surface area contributed by atoms with Gasteiger partial charge in [0.1, 0.15) is 0 Å². The van der Waals surface area contributed by atoms with E-state index in [2.05, 4.69) is 5.10 Å². The minimum atomic E-state index is -0.462. The molecule has 0 saturated carbocycles. The first-order valence-corrected chi connectivity index (χ1v) is 7.38. The molecule has 1 aliphatic heterocycles. The van der Waals surface area contributed by atoms with Gasteiger partial charge < -0.3 is 10.6 Å². The van der Waals surface area contributed by atoms with Crippen molar-refractivity contribution in [2.45, 2.75) is 6.42 Å². The number of carbonyl (C=O) groups excluding carboxylic acids is 1. The second kappa shape index (κ2) is 6.17. The van der Waals surface area contributed by atoms with E-state index in [9.17, 15) is 14.9 Å². The van der Waals surface area contributed by atoms with Crippen molar-refractivity contribution < 1.29 is 9.72 Å². The summed E-state index contributed by atoms with van der Waals surface area (Å²) in [4.78, 5) is 24.6. The molecule has 1 aliphatic rings. The topological polar surface area (TPSA) is 107 Å². The smallest absolute Gasteiger partial charge is 0.274 e. The van der Waals surface area contributed by atoms with Crippen molar-refractivity contribution in [1.29, 1.82) is 0 Å². The number of amides is 1. The first-order valence-electron chi connectivity index (χ1n) is 7.38. The molecular weight excluding hydrogens is 298 g/mol. The molecule has 1 aromatic carbocycles. The van der Waals surface area contributed by atoms with E-state index < -0.39 is 4.92 Å². The van der Waals surface area contributed by atoms with Gasteiger partial charge in [-0.05, 0) is 31.0 Å². The Kier molecular flexibility index (Phi) is 4.07. The third-order valence-electron chi connectivity index (χ3n) is 4.02. The molecule has 1 amide bonds. The van der Waals surface area contributed by atoms with Crippen LogP contribution < -0.4 is 5.73 Å². The van der Waals surface area contributed by atoms with Crippen LogP contribution in [0.5, 0.6) is 0 Å². The highest BCUT2D eigenvalue weighted by atomic mass is 16.6. The summed E-state index contributed by atoms with van der Waals surface area (Å²) in [5, 5.41) is 15.1. The number of carbonyl (C=O) groups is 1. The van der Waals surface area contributed by atoms with Crippen LogP contribution in [0.2, 0.25) is 0 Å². The fourth-order valence-corrected chi connectivity index (χ4v) is 2.70. The Balaban J connectivity index is 1.79. The first kappa shape index (κ1) is 15.2. The summed E-state index contributed by atoms with van der Waals surface area (Å²) in [6.07, 6.45) is 2.54. The number of non-ortho nitro benzene ring substituents is 1. The average Bonchev–Trinajstić information content (AvgIpc) is 3.23. The number of nitrogens with zero attached hydrogens (tertiary/aromatic N) is 4. The van der Waals surface area contributed by atoms with Crippen molar-refractivity contribution >= 4 is 11.6 Å². The van der Waals surface area contributed by atoms with E-state index in [0.29, 0.717) is 36.9 Å². The molecule has 2 heterocycles. The lowest BCUT2D eigenvalue weighted by molar-refractivity contribution is -0.384.